The lowest BCUT2D eigenvalue weighted by atomic mass is 9.99. The fourth-order valence-electron chi connectivity index (χ4n) is 2.70. The summed E-state index contributed by atoms with van der Waals surface area (Å²) >= 11 is 0. The van der Waals surface area contributed by atoms with E-state index in [4.69, 9.17) is 5.73 Å². The molecule has 1 saturated heterocycles. The van der Waals surface area contributed by atoms with E-state index < -0.39 is 0 Å². The van der Waals surface area contributed by atoms with Gasteiger partial charge in [0, 0.05) is 5.69 Å². The van der Waals surface area contributed by atoms with Gasteiger partial charge in [0.1, 0.15) is 0 Å². The van der Waals surface area contributed by atoms with Crippen LogP contribution in [0.15, 0.2) is 24.3 Å². The summed E-state index contributed by atoms with van der Waals surface area (Å²) in [5.74, 6) is 0.938. The van der Waals surface area contributed by atoms with Crippen molar-refractivity contribution in [1.82, 2.24) is 4.90 Å². The van der Waals surface area contributed by atoms with Crippen LogP contribution in [-0.2, 0) is 6.42 Å². The first kappa shape index (κ1) is 13.4. The molecule has 0 unspecified atom stereocenters. The number of likely N-dealkylation sites (tertiary alicyclic amines) is 1. The Morgan fingerprint density at radius 2 is 2.00 bits per heavy atom. The van der Waals surface area contributed by atoms with Gasteiger partial charge in [-0.3, -0.25) is 0 Å². The van der Waals surface area contributed by atoms with Gasteiger partial charge in [0.15, 0.2) is 0 Å². The Balaban J connectivity index is 1.61. The van der Waals surface area contributed by atoms with Gasteiger partial charge in [0.05, 0.1) is 0 Å². The number of anilines is 1. The molecule has 1 aliphatic rings. The lowest BCUT2D eigenvalue weighted by Crippen LogP contribution is -2.33. The van der Waals surface area contributed by atoms with Crippen molar-refractivity contribution in [3.05, 3.63) is 29.8 Å². The van der Waals surface area contributed by atoms with E-state index in [9.17, 15) is 0 Å². The minimum Gasteiger partial charge on any atom is -0.399 e. The smallest absolute Gasteiger partial charge is 0.0316 e. The van der Waals surface area contributed by atoms with Gasteiger partial charge in [0.2, 0.25) is 0 Å². The number of benzene rings is 1. The largest absolute Gasteiger partial charge is 0.399 e. The third kappa shape index (κ3) is 4.34. The Morgan fingerprint density at radius 3 is 2.72 bits per heavy atom. The lowest BCUT2D eigenvalue weighted by Gasteiger charge is -2.30. The zero-order valence-corrected chi connectivity index (χ0v) is 11.6. The predicted octanol–water partition coefficient (Wildman–Crippen LogP) is 3.32. The second-order valence-corrected chi connectivity index (χ2v) is 5.73. The van der Waals surface area contributed by atoms with E-state index in [-0.39, 0.29) is 0 Å². The highest BCUT2D eigenvalue weighted by atomic mass is 15.1. The molecule has 2 N–H and O–H groups in total. The van der Waals surface area contributed by atoms with Crippen molar-refractivity contribution < 1.29 is 0 Å². The molecule has 0 bridgehead atoms. The summed E-state index contributed by atoms with van der Waals surface area (Å²) in [6.07, 6.45) is 6.51. The number of nitrogens with zero attached hydrogens (tertiary/aromatic N) is 1. The molecule has 0 aromatic heterocycles. The summed E-state index contributed by atoms with van der Waals surface area (Å²) in [5, 5.41) is 0. The molecule has 0 radical (unpaired) electrons. The summed E-state index contributed by atoms with van der Waals surface area (Å²) in [5.41, 5.74) is 8.05. The molecule has 0 saturated carbocycles. The zero-order valence-electron chi connectivity index (χ0n) is 11.6. The van der Waals surface area contributed by atoms with E-state index in [2.05, 4.69) is 30.0 Å². The van der Waals surface area contributed by atoms with Crippen molar-refractivity contribution in [2.24, 2.45) is 5.92 Å². The summed E-state index contributed by atoms with van der Waals surface area (Å²) in [7, 11) is 0. The number of aryl methyl sites for hydroxylation is 1. The standard InChI is InChI=1S/C16H26N2/c1-14-8-11-18(12-9-14)10-3-2-5-15-6-4-7-16(17)13-15/h4,6-7,13-14H,2-3,5,8-12,17H2,1H3. The van der Waals surface area contributed by atoms with Crippen molar-refractivity contribution in [3.8, 4) is 0 Å². The molecule has 0 aliphatic carbocycles. The highest BCUT2D eigenvalue weighted by Gasteiger charge is 2.14. The van der Waals surface area contributed by atoms with Crippen LogP contribution in [0.25, 0.3) is 0 Å². The monoisotopic (exact) mass is 246 g/mol. The third-order valence-electron chi connectivity index (χ3n) is 4.02. The van der Waals surface area contributed by atoms with Crippen LogP contribution in [0.4, 0.5) is 5.69 Å². The van der Waals surface area contributed by atoms with Crippen molar-refractivity contribution in [1.29, 1.82) is 0 Å². The van der Waals surface area contributed by atoms with Crippen LogP contribution in [0.1, 0.15) is 38.2 Å². The third-order valence-corrected chi connectivity index (χ3v) is 4.02. The van der Waals surface area contributed by atoms with Gasteiger partial charge in [-0.2, -0.15) is 0 Å². The first-order valence-corrected chi connectivity index (χ1v) is 7.31. The number of rotatable bonds is 5. The SMILES string of the molecule is CC1CCN(CCCCc2cccc(N)c2)CC1. The van der Waals surface area contributed by atoms with Gasteiger partial charge in [-0.1, -0.05) is 19.1 Å². The second kappa shape index (κ2) is 6.79. The second-order valence-electron chi connectivity index (χ2n) is 5.73. The molecule has 0 spiro atoms. The highest BCUT2D eigenvalue weighted by molar-refractivity contribution is 5.40. The van der Waals surface area contributed by atoms with E-state index >= 15 is 0 Å². The van der Waals surface area contributed by atoms with E-state index in [1.54, 1.807) is 0 Å². The number of unbranched alkanes of at least 4 members (excludes halogenated alkanes) is 1. The average molecular weight is 246 g/mol. The Bertz CT molecular complexity index is 354. The molecule has 0 atom stereocenters. The van der Waals surface area contributed by atoms with E-state index in [0.29, 0.717) is 0 Å². The molecule has 1 aliphatic heterocycles. The van der Waals surface area contributed by atoms with Crippen LogP contribution in [0.5, 0.6) is 0 Å². The first-order valence-electron chi connectivity index (χ1n) is 7.31. The molecule has 1 fully saturated rings. The summed E-state index contributed by atoms with van der Waals surface area (Å²) in [4.78, 5) is 2.62. The number of nitrogen functional groups attached to an aromatic ring is 1. The molecule has 2 heteroatoms. The quantitative estimate of drug-likeness (QED) is 0.638. The Morgan fingerprint density at radius 1 is 1.22 bits per heavy atom. The normalized spacial score (nSPS) is 18.1. The zero-order chi connectivity index (χ0) is 12.8. The lowest BCUT2D eigenvalue weighted by molar-refractivity contribution is 0.189. The van der Waals surface area contributed by atoms with Gasteiger partial charge in [-0.25, -0.2) is 0 Å². The fraction of sp³-hybridized carbons (Fsp3) is 0.625. The Labute approximate surface area is 111 Å². The minimum absolute atomic E-state index is 0.887. The molecule has 1 aromatic carbocycles. The van der Waals surface area contributed by atoms with Crippen LogP contribution in [-0.4, -0.2) is 24.5 Å². The fourth-order valence-corrected chi connectivity index (χ4v) is 2.70. The topological polar surface area (TPSA) is 29.3 Å². The summed E-state index contributed by atoms with van der Waals surface area (Å²) in [6.45, 7) is 6.26. The van der Waals surface area contributed by atoms with Crippen LogP contribution in [0, 0.1) is 5.92 Å². The molecular formula is C16H26N2. The van der Waals surface area contributed by atoms with Gasteiger partial charge in [-0.05, 0) is 75.4 Å². The van der Waals surface area contributed by atoms with Crippen molar-refractivity contribution in [2.45, 2.75) is 39.0 Å². The number of nitrogens with two attached hydrogens (primary N) is 1. The molecule has 2 nitrogen and oxygen atoms in total. The van der Waals surface area contributed by atoms with E-state index in [1.807, 2.05) is 6.07 Å². The van der Waals surface area contributed by atoms with Gasteiger partial charge < -0.3 is 10.6 Å². The van der Waals surface area contributed by atoms with Crippen molar-refractivity contribution >= 4 is 5.69 Å². The Hall–Kier alpha value is -1.02. The molecule has 1 aromatic rings. The van der Waals surface area contributed by atoms with Crippen LogP contribution < -0.4 is 5.73 Å². The molecule has 0 amide bonds. The predicted molar refractivity (Wildman–Crippen MR) is 78.6 cm³/mol. The van der Waals surface area contributed by atoms with Gasteiger partial charge in [-0.15, -0.1) is 0 Å². The number of hydrogen-bond donors (Lipinski definition) is 1. The molecular weight excluding hydrogens is 220 g/mol. The van der Waals surface area contributed by atoms with Crippen LogP contribution >= 0.6 is 0 Å². The van der Waals surface area contributed by atoms with Crippen LogP contribution in [0.2, 0.25) is 0 Å². The first-order chi connectivity index (χ1) is 8.74. The maximum atomic E-state index is 5.78. The summed E-state index contributed by atoms with van der Waals surface area (Å²) < 4.78 is 0. The van der Waals surface area contributed by atoms with E-state index in [1.165, 1.54) is 50.9 Å². The van der Waals surface area contributed by atoms with Crippen molar-refractivity contribution in [2.75, 3.05) is 25.4 Å². The van der Waals surface area contributed by atoms with Crippen LogP contribution in [0.3, 0.4) is 0 Å². The number of piperidine rings is 1. The molecule has 2 rings (SSSR count). The molecule has 1 heterocycles. The Kier molecular flexibility index (Phi) is 5.06. The summed E-state index contributed by atoms with van der Waals surface area (Å²) in [6, 6.07) is 8.29. The highest BCUT2D eigenvalue weighted by Crippen LogP contribution is 2.16. The number of hydrogen-bond acceptors (Lipinski definition) is 2. The maximum absolute atomic E-state index is 5.78. The molecule has 18 heavy (non-hydrogen) atoms. The van der Waals surface area contributed by atoms with Gasteiger partial charge in [0.25, 0.3) is 0 Å². The minimum atomic E-state index is 0.887. The average Bonchev–Trinajstić information content (AvgIpc) is 2.37. The van der Waals surface area contributed by atoms with Gasteiger partial charge >= 0.3 is 0 Å². The van der Waals surface area contributed by atoms with Crippen molar-refractivity contribution in [3.63, 3.8) is 0 Å². The maximum Gasteiger partial charge on any atom is 0.0316 e. The van der Waals surface area contributed by atoms with E-state index in [0.717, 1.165) is 18.0 Å². The molecule has 100 valence electrons.